The number of benzene rings is 1. The van der Waals surface area contributed by atoms with E-state index in [-0.39, 0.29) is 11.4 Å². The lowest BCUT2D eigenvalue weighted by atomic mass is 9.73. The molecule has 0 atom stereocenters. The maximum Gasteiger partial charge on any atom is 0.130 e. The predicted octanol–water partition coefficient (Wildman–Crippen LogP) is 5.96. The summed E-state index contributed by atoms with van der Waals surface area (Å²) in [6.45, 7) is 2.21. The van der Waals surface area contributed by atoms with Gasteiger partial charge in [-0.05, 0) is 67.6 Å². The molecule has 0 saturated heterocycles. The molecule has 24 heavy (non-hydrogen) atoms. The SMILES string of the molecule is CCCCSNC1(c2cc(Cl)nc(-c3ccc(F)cc3)c2)CCC1. The lowest BCUT2D eigenvalue weighted by Gasteiger charge is -2.43. The lowest BCUT2D eigenvalue weighted by Crippen LogP contribution is -2.45. The fourth-order valence-corrected chi connectivity index (χ4v) is 4.27. The molecule has 1 aliphatic rings. The van der Waals surface area contributed by atoms with Gasteiger partial charge in [-0.3, -0.25) is 4.72 Å². The highest BCUT2D eigenvalue weighted by molar-refractivity contribution is 7.97. The molecule has 3 rings (SSSR count). The third-order valence-electron chi connectivity index (χ3n) is 4.56. The second-order valence-corrected chi connectivity index (χ2v) is 7.60. The van der Waals surface area contributed by atoms with E-state index in [0.29, 0.717) is 5.15 Å². The molecule has 0 amide bonds. The van der Waals surface area contributed by atoms with Crippen molar-refractivity contribution in [3.05, 3.63) is 52.9 Å². The zero-order chi connectivity index (χ0) is 17.0. The van der Waals surface area contributed by atoms with Crippen LogP contribution in [0.4, 0.5) is 4.39 Å². The van der Waals surface area contributed by atoms with Crippen molar-refractivity contribution in [2.24, 2.45) is 0 Å². The number of hydrogen-bond donors (Lipinski definition) is 1. The van der Waals surface area contributed by atoms with E-state index in [4.69, 9.17) is 11.6 Å². The highest BCUT2D eigenvalue weighted by Gasteiger charge is 2.39. The monoisotopic (exact) mass is 364 g/mol. The van der Waals surface area contributed by atoms with Crippen molar-refractivity contribution in [1.82, 2.24) is 9.71 Å². The van der Waals surface area contributed by atoms with Gasteiger partial charge in [0.05, 0.1) is 11.2 Å². The van der Waals surface area contributed by atoms with Gasteiger partial charge in [-0.2, -0.15) is 0 Å². The zero-order valence-corrected chi connectivity index (χ0v) is 15.4. The van der Waals surface area contributed by atoms with Crippen LogP contribution in [0.25, 0.3) is 11.3 Å². The Morgan fingerprint density at radius 3 is 2.62 bits per heavy atom. The van der Waals surface area contributed by atoms with E-state index in [1.165, 1.54) is 37.0 Å². The van der Waals surface area contributed by atoms with Gasteiger partial charge in [-0.25, -0.2) is 9.37 Å². The number of rotatable bonds is 7. The molecule has 1 aliphatic carbocycles. The molecule has 2 aromatic rings. The van der Waals surface area contributed by atoms with Crippen molar-refractivity contribution >= 4 is 23.5 Å². The molecule has 2 nitrogen and oxygen atoms in total. The van der Waals surface area contributed by atoms with Gasteiger partial charge in [-0.15, -0.1) is 0 Å². The van der Waals surface area contributed by atoms with Crippen LogP contribution in [-0.2, 0) is 5.54 Å². The Morgan fingerprint density at radius 1 is 1.25 bits per heavy atom. The molecule has 1 heterocycles. The molecular weight excluding hydrogens is 343 g/mol. The second kappa shape index (κ2) is 7.85. The first-order valence-corrected chi connectivity index (χ1v) is 9.82. The molecule has 1 fully saturated rings. The van der Waals surface area contributed by atoms with Crippen LogP contribution in [-0.4, -0.2) is 10.7 Å². The van der Waals surface area contributed by atoms with Crippen molar-refractivity contribution in [2.75, 3.05) is 5.75 Å². The molecule has 1 aromatic carbocycles. The summed E-state index contributed by atoms with van der Waals surface area (Å²) in [7, 11) is 0. The first kappa shape index (κ1) is 17.7. The summed E-state index contributed by atoms with van der Waals surface area (Å²) in [5, 5.41) is 0.485. The number of unbranched alkanes of at least 4 members (excludes halogenated alkanes) is 1. The van der Waals surface area contributed by atoms with Crippen LogP contribution < -0.4 is 4.72 Å². The van der Waals surface area contributed by atoms with Crippen molar-refractivity contribution in [3.63, 3.8) is 0 Å². The van der Waals surface area contributed by atoms with E-state index in [2.05, 4.69) is 22.7 Å². The largest absolute Gasteiger partial charge is 0.254 e. The van der Waals surface area contributed by atoms with E-state index >= 15 is 0 Å². The van der Waals surface area contributed by atoms with Gasteiger partial charge in [0.1, 0.15) is 11.0 Å². The first-order chi connectivity index (χ1) is 11.6. The normalized spacial score (nSPS) is 16.0. The molecule has 0 unspecified atom stereocenters. The van der Waals surface area contributed by atoms with Crippen LogP contribution in [0.2, 0.25) is 5.15 Å². The third kappa shape index (κ3) is 3.93. The molecule has 5 heteroatoms. The minimum atomic E-state index is -0.245. The Hall–Kier alpha value is -1.10. The number of nitrogens with one attached hydrogen (secondary N) is 1. The highest BCUT2D eigenvalue weighted by atomic mass is 35.5. The molecule has 128 valence electrons. The molecule has 0 spiro atoms. The summed E-state index contributed by atoms with van der Waals surface area (Å²) in [6.07, 6.45) is 5.85. The van der Waals surface area contributed by atoms with Gasteiger partial charge in [-0.1, -0.05) is 36.9 Å². The van der Waals surface area contributed by atoms with Crippen LogP contribution in [0.15, 0.2) is 36.4 Å². The highest BCUT2D eigenvalue weighted by Crippen LogP contribution is 2.44. The molecular formula is C19H22ClFN2S. The maximum absolute atomic E-state index is 13.2. The third-order valence-corrected chi connectivity index (χ3v) is 5.78. The minimum Gasteiger partial charge on any atom is -0.254 e. The van der Waals surface area contributed by atoms with E-state index in [9.17, 15) is 4.39 Å². The predicted molar refractivity (Wildman–Crippen MR) is 101 cm³/mol. The Labute approximate surface area is 152 Å². The summed E-state index contributed by atoms with van der Waals surface area (Å²) in [4.78, 5) is 4.42. The maximum atomic E-state index is 13.2. The van der Waals surface area contributed by atoms with Gasteiger partial charge < -0.3 is 0 Å². The molecule has 1 N–H and O–H groups in total. The van der Waals surface area contributed by atoms with Crippen molar-refractivity contribution in [3.8, 4) is 11.3 Å². The summed E-state index contributed by atoms with van der Waals surface area (Å²) >= 11 is 8.08. The van der Waals surface area contributed by atoms with Crippen molar-refractivity contribution in [1.29, 1.82) is 0 Å². The van der Waals surface area contributed by atoms with E-state index in [1.807, 2.05) is 6.07 Å². The van der Waals surface area contributed by atoms with E-state index in [0.717, 1.165) is 29.9 Å². The lowest BCUT2D eigenvalue weighted by molar-refractivity contribution is 0.231. The van der Waals surface area contributed by atoms with Crippen LogP contribution in [0.1, 0.15) is 44.6 Å². The van der Waals surface area contributed by atoms with Crippen molar-refractivity contribution in [2.45, 2.75) is 44.6 Å². The van der Waals surface area contributed by atoms with Gasteiger partial charge in [0, 0.05) is 11.3 Å². The van der Waals surface area contributed by atoms with Crippen molar-refractivity contribution < 1.29 is 4.39 Å². The summed E-state index contributed by atoms with van der Waals surface area (Å²) < 4.78 is 16.8. The molecule has 1 saturated carbocycles. The first-order valence-electron chi connectivity index (χ1n) is 8.46. The summed E-state index contributed by atoms with van der Waals surface area (Å²) in [5.41, 5.74) is 2.84. The van der Waals surface area contributed by atoms with Gasteiger partial charge in [0.2, 0.25) is 0 Å². The van der Waals surface area contributed by atoms with Crippen LogP contribution in [0.3, 0.4) is 0 Å². The number of pyridine rings is 1. The molecule has 0 aliphatic heterocycles. The van der Waals surface area contributed by atoms with Crippen LogP contribution in [0.5, 0.6) is 0 Å². The number of hydrogen-bond acceptors (Lipinski definition) is 3. The smallest absolute Gasteiger partial charge is 0.130 e. The van der Waals surface area contributed by atoms with Crippen LogP contribution >= 0.6 is 23.5 Å². The summed E-state index contributed by atoms with van der Waals surface area (Å²) in [5.74, 6) is 0.868. The standard InChI is InChI=1S/C19H22ClFN2S/c1-2-3-11-24-23-19(9-4-10-19)15-12-17(22-18(20)13-15)14-5-7-16(21)8-6-14/h5-8,12-13,23H,2-4,9-11H2,1H3. The Bertz CT molecular complexity index is 686. The Morgan fingerprint density at radius 2 is 2.00 bits per heavy atom. The molecule has 1 aromatic heterocycles. The average molecular weight is 365 g/mol. The van der Waals surface area contributed by atoms with Gasteiger partial charge in [0.25, 0.3) is 0 Å². The van der Waals surface area contributed by atoms with Gasteiger partial charge >= 0.3 is 0 Å². The fraction of sp³-hybridized carbons (Fsp3) is 0.421. The van der Waals surface area contributed by atoms with Gasteiger partial charge in [0.15, 0.2) is 0 Å². The Balaban J connectivity index is 1.85. The van der Waals surface area contributed by atoms with E-state index in [1.54, 1.807) is 24.1 Å². The fourth-order valence-electron chi connectivity index (χ4n) is 2.93. The number of aromatic nitrogens is 1. The zero-order valence-electron chi connectivity index (χ0n) is 13.8. The average Bonchev–Trinajstić information content (AvgIpc) is 2.53. The minimum absolute atomic E-state index is 0.0141. The summed E-state index contributed by atoms with van der Waals surface area (Å²) in [6, 6.07) is 10.4. The molecule has 0 radical (unpaired) electrons. The molecule has 0 bridgehead atoms. The van der Waals surface area contributed by atoms with E-state index < -0.39 is 0 Å². The Kier molecular flexibility index (Phi) is 5.80. The number of halogens is 2. The number of nitrogens with zero attached hydrogens (tertiary/aromatic N) is 1. The quantitative estimate of drug-likeness (QED) is 0.373. The second-order valence-electron chi connectivity index (χ2n) is 6.31. The topological polar surface area (TPSA) is 24.9 Å². The van der Waals surface area contributed by atoms with Crippen LogP contribution in [0, 0.1) is 5.82 Å².